The average Bonchev–Trinajstić information content (AvgIpc) is 2.64. The number of likely N-dealkylation sites (tertiary alicyclic amines) is 1. The van der Waals surface area contributed by atoms with Gasteiger partial charge in [0.05, 0.1) is 5.41 Å². The molecule has 2 aliphatic rings. The Morgan fingerprint density at radius 1 is 1.04 bits per heavy atom. The summed E-state index contributed by atoms with van der Waals surface area (Å²) in [5.74, 6) is 0.442. The summed E-state index contributed by atoms with van der Waals surface area (Å²) in [6.07, 6.45) is 9.10. The molecule has 2 rings (SSSR count). The van der Waals surface area contributed by atoms with E-state index in [0.717, 1.165) is 38.5 Å². The van der Waals surface area contributed by atoms with Crippen LogP contribution in [-0.2, 0) is 9.59 Å². The molecule has 1 aliphatic heterocycles. The maximum Gasteiger partial charge on any atom is 0.230 e. The van der Waals surface area contributed by atoms with E-state index < -0.39 is 5.41 Å². The van der Waals surface area contributed by atoms with Gasteiger partial charge in [-0.1, -0.05) is 33.1 Å². The molecule has 1 heterocycles. The number of hydrogen-bond donors (Lipinski definition) is 2. The smallest absolute Gasteiger partial charge is 0.230 e. The molecule has 1 aliphatic carbocycles. The lowest BCUT2D eigenvalue weighted by Gasteiger charge is -2.39. The van der Waals surface area contributed by atoms with Crippen LogP contribution in [-0.4, -0.2) is 42.4 Å². The fourth-order valence-corrected chi connectivity index (χ4v) is 4.17. The first-order valence-corrected chi connectivity index (χ1v) is 9.86. The molecule has 0 bridgehead atoms. The molecule has 138 valence electrons. The number of nitrogens with two attached hydrogens (primary N) is 1. The maximum absolute atomic E-state index is 12.9. The summed E-state index contributed by atoms with van der Waals surface area (Å²) in [6.45, 7) is 5.85. The number of carbonyl (C=O) groups excluding carboxylic acids is 2. The van der Waals surface area contributed by atoms with E-state index in [2.05, 4.69) is 5.32 Å². The van der Waals surface area contributed by atoms with Gasteiger partial charge >= 0.3 is 0 Å². The highest BCUT2D eigenvalue weighted by Gasteiger charge is 2.38. The Kier molecular flexibility index (Phi) is 7.08. The Morgan fingerprint density at radius 3 is 2.12 bits per heavy atom. The molecule has 0 aromatic rings. The van der Waals surface area contributed by atoms with Crippen LogP contribution in [0.25, 0.3) is 0 Å². The second kappa shape index (κ2) is 8.84. The van der Waals surface area contributed by atoms with Gasteiger partial charge in [0.15, 0.2) is 0 Å². The molecule has 3 N–H and O–H groups in total. The van der Waals surface area contributed by atoms with Crippen molar-refractivity contribution in [2.24, 2.45) is 17.1 Å². The second-order valence-corrected chi connectivity index (χ2v) is 7.60. The number of piperidine rings is 1. The zero-order valence-corrected chi connectivity index (χ0v) is 15.5. The summed E-state index contributed by atoms with van der Waals surface area (Å²) in [6, 6.07) is 0.371. The maximum atomic E-state index is 12.9. The topological polar surface area (TPSA) is 75.4 Å². The Balaban J connectivity index is 1.84. The number of rotatable bonds is 6. The number of nitrogens with zero attached hydrogens (tertiary/aromatic N) is 1. The molecule has 5 heteroatoms. The average molecular weight is 338 g/mol. The van der Waals surface area contributed by atoms with Crippen molar-refractivity contribution in [2.45, 2.75) is 77.7 Å². The highest BCUT2D eigenvalue weighted by Crippen LogP contribution is 2.30. The molecule has 1 saturated heterocycles. The minimum Gasteiger partial charge on any atom is -0.353 e. The summed E-state index contributed by atoms with van der Waals surface area (Å²) >= 11 is 0. The number of amides is 2. The summed E-state index contributed by atoms with van der Waals surface area (Å²) in [5.41, 5.74) is 5.48. The lowest BCUT2D eigenvalue weighted by atomic mass is 9.80. The molecule has 0 unspecified atom stereocenters. The van der Waals surface area contributed by atoms with E-state index in [4.69, 9.17) is 5.73 Å². The number of carbonyl (C=O) groups is 2. The van der Waals surface area contributed by atoms with E-state index in [9.17, 15) is 9.59 Å². The molecule has 0 aromatic heterocycles. The van der Waals surface area contributed by atoms with Crippen LogP contribution in [0.3, 0.4) is 0 Å². The van der Waals surface area contributed by atoms with Crippen molar-refractivity contribution < 1.29 is 9.59 Å². The lowest BCUT2D eigenvalue weighted by molar-refractivity contribution is -0.145. The predicted octanol–water partition coefficient (Wildman–Crippen LogP) is 2.44. The first kappa shape index (κ1) is 19.2. The van der Waals surface area contributed by atoms with Gasteiger partial charge in [0.25, 0.3) is 0 Å². The van der Waals surface area contributed by atoms with Crippen LogP contribution >= 0.6 is 0 Å². The zero-order chi connectivity index (χ0) is 17.6. The monoisotopic (exact) mass is 337 g/mol. The molecule has 2 fully saturated rings. The Hall–Kier alpha value is -1.10. The molecule has 1 saturated carbocycles. The summed E-state index contributed by atoms with van der Waals surface area (Å²) in [4.78, 5) is 27.3. The Bertz CT molecular complexity index is 412. The molecule has 0 aromatic carbocycles. The van der Waals surface area contributed by atoms with Crippen LogP contribution in [0.1, 0.15) is 71.6 Å². The number of nitrogens with one attached hydrogen (secondary N) is 1. The van der Waals surface area contributed by atoms with E-state index in [-0.39, 0.29) is 17.7 Å². The lowest BCUT2D eigenvalue weighted by Crippen LogP contribution is -2.51. The van der Waals surface area contributed by atoms with Gasteiger partial charge in [0.1, 0.15) is 0 Å². The minimum absolute atomic E-state index is 0.0616. The minimum atomic E-state index is -0.419. The molecular weight excluding hydrogens is 302 g/mol. The van der Waals surface area contributed by atoms with Crippen LogP contribution in [0.5, 0.6) is 0 Å². The second-order valence-electron chi connectivity index (χ2n) is 7.60. The summed E-state index contributed by atoms with van der Waals surface area (Å²) < 4.78 is 0. The SMILES string of the molecule is CCC(CC)(CN)C(=O)N1CCC(C(=O)NC2CCCCC2)CC1. The molecule has 24 heavy (non-hydrogen) atoms. The van der Waals surface area contributed by atoms with Crippen LogP contribution in [0.2, 0.25) is 0 Å². The molecule has 0 radical (unpaired) electrons. The van der Waals surface area contributed by atoms with Crippen LogP contribution < -0.4 is 11.1 Å². The van der Waals surface area contributed by atoms with Gasteiger partial charge in [-0.15, -0.1) is 0 Å². The van der Waals surface area contributed by atoms with Crippen molar-refractivity contribution in [1.29, 1.82) is 0 Å². The fraction of sp³-hybridized carbons (Fsp3) is 0.895. The van der Waals surface area contributed by atoms with Crippen molar-refractivity contribution in [3.63, 3.8) is 0 Å². The summed E-state index contributed by atoms with van der Waals surface area (Å²) in [7, 11) is 0. The van der Waals surface area contributed by atoms with Crippen LogP contribution in [0.4, 0.5) is 0 Å². The van der Waals surface area contributed by atoms with Crippen molar-refractivity contribution in [1.82, 2.24) is 10.2 Å². The summed E-state index contributed by atoms with van der Waals surface area (Å²) in [5, 5.41) is 3.23. The van der Waals surface area contributed by atoms with Gasteiger partial charge in [-0.25, -0.2) is 0 Å². The molecule has 5 nitrogen and oxygen atoms in total. The standard InChI is InChI=1S/C19H35N3O2/c1-3-19(4-2,14-20)18(24)22-12-10-15(11-13-22)17(23)21-16-8-6-5-7-9-16/h15-16H,3-14,20H2,1-2H3,(H,21,23). The van der Waals surface area contributed by atoms with E-state index in [1.165, 1.54) is 19.3 Å². The predicted molar refractivity (Wildman–Crippen MR) is 96.4 cm³/mol. The van der Waals surface area contributed by atoms with E-state index in [0.29, 0.717) is 25.7 Å². The fourth-order valence-electron chi connectivity index (χ4n) is 4.17. The van der Waals surface area contributed by atoms with Crippen molar-refractivity contribution in [3.8, 4) is 0 Å². The highest BCUT2D eigenvalue weighted by atomic mass is 16.2. The third kappa shape index (κ3) is 4.29. The molecule has 2 amide bonds. The molecule has 0 spiro atoms. The zero-order valence-electron chi connectivity index (χ0n) is 15.5. The highest BCUT2D eigenvalue weighted by molar-refractivity contribution is 5.84. The molecular formula is C19H35N3O2. The van der Waals surface area contributed by atoms with Gasteiger partial charge in [-0.05, 0) is 38.5 Å². The van der Waals surface area contributed by atoms with Gasteiger partial charge in [0, 0.05) is 31.6 Å². The normalized spacial score (nSPS) is 20.9. The third-order valence-corrected chi connectivity index (χ3v) is 6.30. The Morgan fingerprint density at radius 2 is 1.62 bits per heavy atom. The third-order valence-electron chi connectivity index (χ3n) is 6.30. The van der Waals surface area contributed by atoms with E-state index in [1.54, 1.807) is 0 Å². The van der Waals surface area contributed by atoms with Gasteiger partial charge in [0.2, 0.25) is 11.8 Å². The first-order chi connectivity index (χ1) is 11.6. The van der Waals surface area contributed by atoms with Gasteiger partial charge in [-0.2, -0.15) is 0 Å². The van der Waals surface area contributed by atoms with Crippen LogP contribution in [0, 0.1) is 11.3 Å². The number of hydrogen-bond acceptors (Lipinski definition) is 3. The van der Waals surface area contributed by atoms with Crippen molar-refractivity contribution >= 4 is 11.8 Å². The molecule has 0 atom stereocenters. The van der Waals surface area contributed by atoms with E-state index in [1.807, 2.05) is 18.7 Å². The van der Waals surface area contributed by atoms with E-state index >= 15 is 0 Å². The van der Waals surface area contributed by atoms with Gasteiger partial charge < -0.3 is 16.0 Å². The van der Waals surface area contributed by atoms with Gasteiger partial charge in [-0.3, -0.25) is 9.59 Å². The Labute approximate surface area is 146 Å². The quantitative estimate of drug-likeness (QED) is 0.781. The van der Waals surface area contributed by atoms with Crippen LogP contribution in [0.15, 0.2) is 0 Å². The van der Waals surface area contributed by atoms with Crippen molar-refractivity contribution in [2.75, 3.05) is 19.6 Å². The largest absolute Gasteiger partial charge is 0.353 e. The van der Waals surface area contributed by atoms with Crippen molar-refractivity contribution in [3.05, 3.63) is 0 Å². The first-order valence-electron chi connectivity index (χ1n) is 9.86.